The van der Waals surface area contributed by atoms with E-state index in [0.29, 0.717) is 5.92 Å². The summed E-state index contributed by atoms with van der Waals surface area (Å²) >= 11 is 0. The Kier molecular flexibility index (Phi) is 6.96. The molecule has 0 saturated carbocycles. The van der Waals surface area contributed by atoms with Crippen molar-refractivity contribution in [2.45, 2.75) is 58.6 Å². The highest BCUT2D eigenvalue weighted by molar-refractivity contribution is 5.68. The Morgan fingerprint density at radius 3 is 2.48 bits per heavy atom. The van der Waals surface area contributed by atoms with Crippen LogP contribution in [-0.4, -0.2) is 51.2 Å². The lowest BCUT2D eigenvalue weighted by atomic mass is 9.97. The molecule has 0 spiro atoms. The summed E-state index contributed by atoms with van der Waals surface area (Å²) in [5.74, 6) is 0.516. The molecule has 1 aliphatic rings. The van der Waals surface area contributed by atoms with E-state index < -0.39 is 5.60 Å². The molecule has 1 aliphatic heterocycles. The lowest BCUT2D eigenvalue weighted by Gasteiger charge is -2.33. The zero-order valence-corrected chi connectivity index (χ0v) is 17.8. The molecule has 1 amide bonds. The lowest BCUT2D eigenvalue weighted by Crippen LogP contribution is -2.42. The number of carbonyl (C=O) groups excluding carboxylic acids is 1. The number of aliphatic hydroxyl groups excluding tert-OH is 1. The summed E-state index contributed by atoms with van der Waals surface area (Å²) in [6, 6.07) is 8.48. The predicted octanol–water partition coefficient (Wildman–Crippen LogP) is 4.12. The number of carbonyl (C=O) groups is 1. The molecule has 6 nitrogen and oxygen atoms in total. The topological polar surface area (TPSA) is 67.6 Å². The zero-order valence-electron chi connectivity index (χ0n) is 17.8. The number of likely N-dealkylation sites (tertiary alicyclic amines) is 1. The van der Waals surface area contributed by atoms with Gasteiger partial charge in [0.1, 0.15) is 5.60 Å². The molecule has 0 aliphatic carbocycles. The summed E-state index contributed by atoms with van der Waals surface area (Å²) in [6.45, 7) is 8.27. The van der Waals surface area contributed by atoms with Crippen LogP contribution in [0.3, 0.4) is 0 Å². The van der Waals surface area contributed by atoms with E-state index in [0.717, 1.165) is 56.4 Å². The third-order valence-electron chi connectivity index (χ3n) is 5.26. The van der Waals surface area contributed by atoms with Gasteiger partial charge in [-0.15, -0.1) is 0 Å². The first-order chi connectivity index (χ1) is 13.8. The van der Waals surface area contributed by atoms with E-state index in [9.17, 15) is 4.79 Å². The van der Waals surface area contributed by atoms with Gasteiger partial charge in [0.05, 0.1) is 6.20 Å². The molecule has 0 atom stereocenters. The smallest absolute Gasteiger partial charge is 0.410 e. The van der Waals surface area contributed by atoms with Gasteiger partial charge in [-0.1, -0.05) is 24.3 Å². The van der Waals surface area contributed by atoms with E-state index in [1.807, 2.05) is 36.5 Å². The maximum atomic E-state index is 12.2. The van der Waals surface area contributed by atoms with E-state index >= 15 is 0 Å². The molecular weight excluding hydrogens is 366 g/mol. The second-order valence-corrected chi connectivity index (χ2v) is 8.89. The minimum Gasteiger partial charge on any atom is -0.444 e. The number of aryl methyl sites for hydroxylation is 1. The van der Waals surface area contributed by atoms with Crippen molar-refractivity contribution in [1.82, 2.24) is 14.7 Å². The van der Waals surface area contributed by atoms with Gasteiger partial charge in [-0.2, -0.15) is 5.10 Å². The molecule has 1 aromatic heterocycles. The lowest BCUT2D eigenvalue weighted by molar-refractivity contribution is 0.0177. The summed E-state index contributed by atoms with van der Waals surface area (Å²) in [6.07, 6.45) is 7.44. The molecular formula is C23H33N3O3. The number of rotatable bonds is 6. The summed E-state index contributed by atoms with van der Waals surface area (Å²) in [4.78, 5) is 14.0. The molecule has 1 fully saturated rings. The van der Waals surface area contributed by atoms with Crippen molar-refractivity contribution in [3.63, 3.8) is 0 Å². The van der Waals surface area contributed by atoms with Crippen LogP contribution in [0.4, 0.5) is 4.79 Å². The van der Waals surface area contributed by atoms with Crippen LogP contribution < -0.4 is 0 Å². The second kappa shape index (κ2) is 9.44. The van der Waals surface area contributed by atoms with Gasteiger partial charge >= 0.3 is 6.09 Å². The molecule has 0 radical (unpaired) electrons. The maximum Gasteiger partial charge on any atom is 0.410 e. The van der Waals surface area contributed by atoms with Crippen LogP contribution in [0.1, 0.15) is 45.6 Å². The number of aliphatic hydroxyl groups is 1. The molecule has 2 aromatic rings. The van der Waals surface area contributed by atoms with E-state index in [4.69, 9.17) is 9.84 Å². The van der Waals surface area contributed by atoms with Crippen molar-refractivity contribution in [2.75, 3.05) is 19.7 Å². The first-order valence-corrected chi connectivity index (χ1v) is 10.5. The van der Waals surface area contributed by atoms with Crippen molar-refractivity contribution >= 4 is 6.09 Å². The number of hydrogen-bond acceptors (Lipinski definition) is 4. The average molecular weight is 400 g/mol. The molecule has 158 valence electrons. The molecule has 1 aromatic carbocycles. The number of piperidine rings is 1. The second-order valence-electron chi connectivity index (χ2n) is 8.89. The van der Waals surface area contributed by atoms with Gasteiger partial charge in [-0.25, -0.2) is 4.79 Å². The SMILES string of the molecule is CC(C)(C)OC(=O)N1CCC(Cn2cc(-c3ccc(CCCO)cc3)cn2)CC1. The number of aromatic nitrogens is 2. The van der Waals surface area contributed by atoms with Crippen molar-refractivity contribution in [2.24, 2.45) is 5.92 Å². The first-order valence-electron chi connectivity index (χ1n) is 10.5. The van der Waals surface area contributed by atoms with Crippen LogP contribution in [0, 0.1) is 5.92 Å². The number of hydrogen-bond donors (Lipinski definition) is 1. The van der Waals surface area contributed by atoms with Crippen molar-refractivity contribution in [3.8, 4) is 11.1 Å². The zero-order chi connectivity index (χ0) is 20.9. The number of ether oxygens (including phenoxy) is 1. The highest BCUT2D eigenvalue weighted by atomic mass is 16.6. The summed E-state index contributed by atoms with van der Waals surface area (Å²) in [5, 5.41) is 13.5. The number of benzene rings is 1. The van der Waals surface area contributed by atoms with Crippen molar-refractivity contribution in [1.29, 1.82) is 0 Å². The molecule has 3 rings (SSSR count). The third-order valence-corrected chi connectivity index (χ3v) is 5.26. The Labute approximate surface area is 173 Å². The Bertz CT molecular complexity index is 784. The van der Waals surface area contributed by atoms with Gasteiger partial charge in [0.25, 0.3) is 0 Å². The molecule has 0 unspecified atom stereocenters. The van der Waals surface area contributed by atoms with Crippen LogP contribution in [0.2, 0.25) is 0 Å². The highest BCUT2D eigenvalue weighted by Crippen LogP contribution is 2.23. The monoisotopic (exact) mass is 399 g/mol. The maximum absolute atomic E-state index is 12.2. The minimum atomic E-state index is -0.448. The summed E-state index contributed by atoms with van der Waals surface area (Å²) in [7, 11) is 0. The van der Waals surface area contributed by atoms with E-state index in [1.54, 1.807) is 0 Å². The first kappa shape index (κ1) is 21.4. The Hall–Kier alpha value is -2.34. The molecule has 2 heterocycles. The van der Waals surface area contributed by atoms with E-state index in [-0.39, 0.29) is 12.7 Å². The van der Waals surface area contributed by atoms with Gasteiger partial charge in [0, 0.05) is 38.0 Å². The fourth-order valence-electron chi connectivity index (χ4n) is 3.65. The van der Waals surface area contributed by atoms with Gasteiger partial charge in [0.15, 0.2) is 0 Å². The fraction of sp³-hybridized carbons (Fsp3) is 0.565. The van der Waals surface area contributed by atoms with Gasteiger partial charge in [0.2, 0.25) is 0 Å². The Balaban J connectivity index is 1.50. The standard InChI is InChI=1S/C23H33N3O3/c1-23(2,3)29-22(28)25-12-10-19(11-13-25)16-26-17-21(15-24-26)20-8-6-18(7-9-20)5-4-14-27/h6-9,15,17,19,27H,4-5,10-14,16H2,1-3H3. The molecule has 0 bridgehead atoms. The summed E-state index contributed by atoms with van der Waals surface area (Å²) in [5.41, 5.74) is 3.07. The average Bonchev–Trinajstić information content (AvgIpc) is 3.14. The normalized spacial score (nSPS) is 15.5. The quantitative estimate of drug-likeness (QED) is 0.793. The molecule has 1 saturated heterocycles. The van der Waals surface area contributed by atoms with E-state index in [2.05, 4.69) is 35.6 Å². The molecule has 1 N–H and O–H groups in total. The fourth-order valence-corrected chi connectivity index (χ4v) is 3.65. The molecule has 29 heavy (non-hydrogen) atoms. The highest BCUT2D eigenvalue weighted by Gasteiger charge is 2.27. The van der Waals surface area contributed by atoms with Gasteiger partial charge in [-0.3, -0.25) is 4.68 Å². The predicted molar refractivity (Wildman–Crippen MR) is 114 cm³/mol. The molecule has 6 heteroatoms. The Morgan fingerprint density at radius 2 is 1.86 bits per heavy atom. The van der Waals surface area contributed by atoms with Crippen LogP contribution >= 0.6 is 0 Å². The minimum absolute atomic E-state index is 0.209. The summed E-state index contributed by atoms with van der Waals surface area (Å²) < 4.78 is 7.49. The van der Waals surface area contributed by atoms with E-state index in [1.165, 1.54) is 5.56 Å². The van der Waals surface area contributed by atoms with Gasteiger partial charge < -0.3 is 14.7 Å². The largest absolute Gasteiger partial charge is 0.444 e. The van der Waals surface area contributed by atoms with Crippen LogP contribution in [-0.2, 0) is 17.7 Å². The number of nitrogens with zero attached hydrogens (tertiary/aromatic N) is 3. The van der Waals surface area contributed by atoms with Gasteiger partial charge in [-0.05, 0) is 63.5 Å². The van der Waals surface area contributed by atoms with Crippen molar-refractivity contribution in [3.05, 3.63) is 42.2 Å². The number of amides is 1. The Morgan fingerprint density at radius 1 is 1.17 bits per heavy atom. The van der Waals surface area contributed by atoms with Crippen LogP contribution in [0.15, 0.2) is 36.7 Å². The van der Waals surface area contributed by atoms with Crippen molar-refractivity contribution < 1.29 is 14.6 Å². The van der Waals surface area contributed by atoms with Crippen LogP contribution in [0.25, 0.3) is 11.1 Å². The third kappa shape index (κ3) is 6.32. The van der Waals surface area contributed by atoms with Crippen LogP contribution in [0.5, 0.6) is 0 Å².